The van der Waals surface area contributed by atoms with E-state index >= 15 is 0 Å². The van der Waals surface area contributed by atoms with Crippen molar-refractivity contribution >= 4 is 27.5 Å². The average Bonchev–Trinajstić information content (AvgIpc) is 3.04. The number of fused-ring (bicyclic) bond motifs is 1. The summed E-state index contributed by atoms with van der Waals surface area (Å²) < 4.78 is 1.15. The van der Waals surface area contributed by atoms with E-state index in [0.29, 0.717) is 5.92 Å². The lowest BCUT2D eigenvalue weighted by Gasteiger charge is -2.23. The van der Waals surface area contributed by atoms with Crippen LogP contribution >= 0.6 is 11.3 Å². The van der Waals surface area contributed by atoms with E-state index in [1.807, 2.05) is 56.4 Å². The lowest BCUT2D eigenvalue weighted by atomic mass is 10.0. The molecule has 0 aliphatic rings. The number of carbonyl (C=O) groups excluding carboxylic acids is 1. The molecule has 0 aliphatic heterocycles. The van der Waals surface area contributed by atoms with Crippen molar-refractivity contribution in [1.29, 1.82) is 0 Å². The highest BCUT2D eigenvalue weighted by Crippen LogP contribution is 2.29. The molecule has 1 aromatic heterocycles. The van der Waals surface area contributed by atoms with Gasteiger partial charge in [0, 0.05) is 12.6 Å². The number of aromatic nitrogens is 1. The molecule has 0 aliphatic carbocycles. The SMILES string of the molecule is CC(C)c1ccc(C(=O)N(C)[C@H](C)c2nc3ccccc3s2)cc1. The number of nitrogens with zero attached hydrogens (tertiary/aromatic N) is 2. The number of carbonyl (C=O) groups is 1. The highest BCUT2D eigenvalue weighted by molar-refractivity contribution is 7.18. The maximum Gasteiger partial charge on any atom is 0.254 e. The summed E-state index contributed by atoms with van der Waals surface area (Å²) in [6, 6.07) is 15.9. The van der Waals surface area contributed by atoms with Crippen LogP contribution in [0.25, 0.3) is 10.2 Å². The van der Waals surface area contributed by atoms with Crippen molar-refractivity contribution in [1.82, 2.24) is 9.88 Å². The van der Waals surface area contributed by atoms with E-state index in [9.17, 15) is 4.79 Å². The van der Waals surface area contributed by atoms with E-state index in [-0.39, 0.29) is 11.9 Å². The molecule has 1 atom stereocenters. The molecule has 3 rings (SSSR count). The normalized spacial score (nSPS) is 12.5. The van der Waals surface area contributed by atoms with Gasteiger partial charge in [-0.2, -0.15) is 0 Å². The fourth-order valence-electron chi connectivity index (χ4n) is 2.62. The maximum atomic E-state index is 12.8. The number of benzene rings is 2. The average molecular weight is 338 g/mol. The second kappa shape index (κ2) is 6.73. The Hall–Kier alpha value is -2.20. The summed E-state index contributed by atoms with van der Waals surface area (Å²) in [5.74, 6) is 0.491. The van der Waals surface area contributed by atoms with Crippen LogP contribution in [0.2, 0.25) is 0 Å². The van der Waals surface area contributed by atoms with Gasteiger partial charge in [0.15, 0.2) is 0 Å². The Morgan fingerprint density at radius 2 is 1.71 bits per heavy atom. The summed E-state index contributed by atoms with van der Waals surface area (Å²) in [4.78, 5) is 19.2. The number of hydrogen-bond acceptors (Lipinski definition) is 3. The Morgan fingerprint density at radius 3 is 2.33 bits per heavy atom. The van der Waals surface area contributed by atoms with Crippen LogP contribution in [0.3, 0.4) is 0 Å². The Bertz CT molecular complexity index is 818. The van der Waals surface area contributed by atoms with Crippen molar-refractivity contribution in [3.05, 3.63) is 64.7 Å². The fraction of sp³-hybridized carbons (Fsp3) is 0.300. The number of amides is 1. The molecule has 1 heterocycles. The molecule has 0 spiro atoms. The van der Waals surface area contributed by atoms with Gasteiger partial charge in [0.2, 0.25) is 0 Å². The number of hydrogen-bond donors (Lipinski definition) is 0. The fourth-order valence-corrected chi connectivity index (χ4v) is 3.69. The van der Waals surface area contributed by atoms with Gasteiger partial charge in [0.1, 0.15) is 5.01 Å². The minimum Gasteiger partial charge on any atom is -0.333 e. The molecule has 3 aromatic rings. The summed E-state index contributed by atoms with van der Waals surface area (Å²) in [5.41, 5.74) is 2.95. The molecule has 0 fully saturated rings. The second-order valence-electron chi connectivity index (χ2n) is 6.39. The summed E-state index contributed by atoms with van der Waals surface area (Å²) >= 11 is 1.65. The maximum absolute atomic E-state index is 12.8. The van der Waals surface area contributed by atoms with Gasteiger partial charge in [-0.15, -0.1) is 11.3 Å². The lowest BCUT2D eigenvalue weighted by molar-refractivity contribution is 0.0742. The van der Waals surface area contributed by atoms with Crippen molar-refractivity contribution in [2.24, 2.45) is 0 Å². The topological polar surface area (TPSA) is 33.2 Å². The zero-order valence-corrected chi connectivity index (χ0v) is 15.3. The largest absolute Gasteiger partial charge is 0.333 e. The first-order chi connectivity index (χ1) is 11.5. The van der Waals surface area contributed by atoms with Gasteiger partial charge in [0.05, 0.1) is 16.3 Å². The van der Waals surface area contributed by atoms with Gasteiger partial charge in [-0.05, 0) is 42.7 Å². The van der Waals surface area contributed by atoms with Gasteiger partial charge in [-0.1, -0.05) is 38.1 Å². The molecule has 0 unspecified atom stereocenters. The molecular weight excluding hydrogens is 316 g/mol. The van der Waals surface area contributed by atoms with Crippen LogP contribution in [0, 0.1) is 0 Å². The van der Waals surface area contributed by atoms with Gasteiger partial charge in [-0.3, -0.25) is 4.79 Å². The van der Waals surface area contributed by atoms with Gasteiger partial charge in [-0.25, -0.2) is 4.98 Å². The van der Waals surface area contributed by atoms with Crippen LogP contribution in [0.4, 0.5) is 0 Å². The molecular formula is C20H22N2OS. The highest BCUT2D eigenvalue weighted by Gasteiger charge is 2.21. The number of para-hydroxylation sites is 1. The van der Waals surface area contributed by atoms with Crippen LogP contribution in [0.1, 0.15) is 53.7 Å². The summed E-state index contributed by atoms with van der Waals surface area (Å²) in [6.45, 7) is 6.33. The summed E-state index contributed by atoms with van der Waals surface area (Å²) in [5, 5.41) is 0.964. The van der Waals surface area contributed by atoms with Crippen molar-refractivity contribution in [2.45, 2.75) is 32.7 Å². The minimum absolute atomic E-state index is 0.0251. The van der Waals surface area contributed by atoms with Gasteiger partial charge in [0.25, 0.3) is 5.91 Å². The third kappa shape index (κ3) is 3.20. The molecule has 0 saturated heterocycles. The Balaban J connectivity index is 1.81. The van der Waals surface area contributed by atoms with Crippen molar-refractivity contribution in [3.63, 3.8) is 0 Å². The quantitative estimate of drug-likeness (QED) is 0.650. The number of rotatable bonds is 4. The predicted octanol–water partition coefficient (Wildman–Crippen LogP) is 5.25. The van der Waals surface area contributed by atoms with E-state index in [0.717, 1.165) is 20.8 Å². The van der Waals surface area contributed by atoms with E-state index in [1.54, 1.807) is 16.2 Å². The van der Waals surface area contributed by atoms with Crippen LogP contribution in [-0.2, 0) is 0 Å². The zero-order valence-electron chi connectivity index (χ0n) is 14.5. The van der Waals surface area contributed by atoms with Crippen LogP contribution < -0.4 is 0 Å². The molecule has 3 nitrogen and oxygen atoms in total. The van der Waals surface area contributed by atoms with E-state index in [4.69, 9.17) is 0 Å². The molecule has 24 heavy (non-hydrogen) atoms. The highest BCUT2D eigenvalue weighted by atomic mass is 32.1. The van der Waals surface area contributed by atoms with Crippen LogP contribution in [-0.4, -0.2) is 22.8 Å². The van der Waals surface area contributed by atoms with Crippen LogP contribution in [0.15, 0.2) is 48.5 Å². The smallest absolute Gasteiger partial charge is 0.254 e. The summed E-state index contributed by atoms with van der Waals surface area (Å²) in [7, 11) is 1.84. The first-order valence-corrected chi connectivity index (χ1v) is 9.01. The third-order valence-electron chi connectivity index (χ3n) is 4.39. The molecule has 0 bridgehead atoms. The predicted molar refractivity (Wildman–Crippen MR) is 101 cm³/mol. The Kier molecular flexibility index (Phi) is 4.67. The summed E-state index contributed by atoms with van der Waals surface area (Å²) in [6.07, 6.45) is 0. The molecule has 124 valence electrons. The Labute approximate surface area is 147 Å². The first-order valence-electron chi connectivity index (χ1n) is 8.20. The third-order valence-corrected chi connectivity index (χ3v) is 5.60. The lowest BCUT2D eigenvalue weighted by Crippen LogP contribution is -2.29. The molecule has 1 amide bonds. The number of thiazole rings is 1. The standard InChI is InChI=1S/C20H22N2OS/c1-13(2)15-9-11-16(12-10-15)20(23)22(4)14(3)19-21-17-7-5-6-8-18(17)24-19/h5-14H,1-4H3/t14-/m1/s1. The first kappa shape index (κ1) is 16.7. The second-order valence-corrected chi connectivity index (χ2v) is 7.45. The monoisotopic (exact) mass is 338 g/mol. The molecule has 4 heteroatoms. The molecule has 0 radical (unpaired) electrons. The van der Waals surface area contributed by atoms with Gasteiger partial charge < -0.3 is 4.90 Å². The van der Waals surface area contributed by atoms with E-state index in [2.05, 4.69) is 24.9 Å². The van der Waals surface area contributed by atoms with Crippen molar-refractivity contribution in [3.8, 4) is 0 Å². The molecule has 0 saturated carbocycles. The van der Waals surface area contributed by atoms with Crippen molar-refractivity contribution < 1.29 is 4.79 Å². The Morgan fingerprint density at radius 1 is 1.04 bits per heavy atom. The van der Waals surface area contributed by atoms with E-state index in [1.165, 1.54) is 5.56 Å². The van der Waals surface area contributed by atoms with Crippen molar-refractivity contribution in [2.75, 3.05) is 7.05 Å². The molecule has 0 N–H and O–H groups in total. The van der Waals surface area contributed by atoms with Crippen LogP contribution in [0.5, 0.6) is 0 Å². The van der Waals surface area contributed by atoms with E-state index < -0.39 is 0 Å². The zero-order chi connectivity index (χ0) is 17.3. The molecule has 2 aromatic carbocycles. The van der Waals surface area contributed by atoms with Gasteiger partial charge >= 0.3 is 0 Å². The minimum atomic E-state index is -0.0559.